The van der Waals surface area contributed by atoms with E-state index < -0.39 is 0 Å². The molecular weight excluding hydrogens is 425 g/mol. The fourth-order valence-corrected chi connectivity index (χ4v) is 2.75. The molecule has 2 N–H and O–H groups in total. The van der Waals surface area contributed by atoms with Crippen molar-refractivity contribution in [2.75, 3.05) is 26.3 Å². The molecular formula is C20H32IN3O. The Balaban J connectivity index is 0.00000312. The van der Waals surface area contributed by atoms with Gasteiger partial charge in [-0.1, -0.05) is 42.8 Å². The quantitative estimate of drug-likeness (QED) is 0.279. The molecule has 0 radical (unpaired) electrons. The third-order valence-corrected chi connectivity index (χ3v) is 4.35. The van der Waals surface area contributed by atoms with Crippen molar-refractivity contribution < 1.29 is 4.74 Å². The van der Waals surface area contributed by atoms with Gasteiger partial charge in [-0.25, -0.2) is 0 Å². The maximum Gasteiger partial charge on any atom is 0.191 e. The molecule has 1 atom stereocenters. The van der Waals surface area contributed by atoms with Crippen molar-refractivity contribution in [3.63, 3.8) is 0 Å². The maximum atomic E-state index is 5.35. The van der Waals surface area contributed by atoms with E-state index in [1.165, 1.54) is 16.7 Å². The lowest BCUT2D eigenvalue weighted by Gasteiger charge is -2.19. The minimum atomic E-state index is 0. The molecule has 2 rings (SSSR count). The van der Waals surface area contributed by atoms with E-state index in [2.05, 4.69) is 61.7 Å². The molecule has 0 saturated carbocycles. The van der Waals surface area contributed by atoms with Crippen molar-refractivity contribution in [2.45, 2.75) is 46.1 Å². The van der Waals surface area contributed by atoms with Gasteiger partial charge in [0, 0.05) is 13.1 Å². The Morgan fingerprint density at radius 2 is 2.00 bits per heavy atom. The predicted molar refractivity (Wildman–Crippen MR) is 117 cm³/mol. The molecule has 140 valence electrons. The molecule has 5 heteroatoms. The van der Waals surface area contributed by atoms with E-state index in [-0.39, 0.29) is 30.0 Å². The molecule has 0 aromatic heterocycles. The molecule has 1 aliphatic rings. The van der Waals surface area contributed by atoms with E-state index >= 15 is 0 Å². The van der Waals surface area contributed by atoms with Gasteiger partial charge < -0.3 is 15.4 Å². The minimum absolute atomic E-state index is 0. The minimum Gasteiger partial charge on any atom is -0.377 e. The lowest BCUT2D eigenvalue weighted by Crippen LogP contribution is -2.38. The summed E-state index contributed by atoms with van der Waals surface area (Å²) >= 11 is 0. The lowest BCUT2D eigenvalue weighted by molar-refractivity contribution is 0.153. The Hall–Kier alpha value is -1.08. The van der Waals surface area contributed by atoms with Crippen LogP contribution in [-0.2, 0) is 11.2 Å². The van der Waals surface area contributed by atoms with Gasteiger partial charge in [-0.3, -0.25) is 4.99 Å². The molecule has 1 heterocycles. The molecule has 0 fully saturated rings. The normalized spacial score (nSPS) is 15.8. The van der Waals surface area contributed by atoms with Gasteiger partial charge in [0.05, 0.1) is 19.3 Å². The maximum absolute atomic E-state index is 5.35. The van der Waals surface area contributed by atoms with Gasteiger partial charge in [0.25, 0.3) is 0 Å². The summed E-state index contributed by atoms with van der Waals surface area (Å²) in [5, 5.41) is 6.84. The lowest BCUT2D eigenvalue weighted by atomic mass is 10.1. The molecule has 0 saturated heterocycles. The number of aryl methyl sites for hydroxylation is 1. The van der Waals surface area contributed by atoms with E-state index in [1.807, 2.05) is 0 Å². The fraction of sp³-hybridized carbons (Fsp3) is 0.550. The third kappa shape index (κ3) is 7.77. The Morgan fingerprint density at radius 3 is 2.60 bits per heavy atom. The third-order valence-electron chi connectivity index (χ3n) is 4.35. The second-order valence-corrected chi connectivity index (χ2v) is 6.16. The first-order valence-electron chi connectivity index (χ1n) is 9.12. The number of aliphatic imine (C=N–C) groups is 1. The van der Waals surface area contributed by atoms with Crippen LogP contribution < -0.4 is 10.6 Å². The van der Waals surface area contributed by atoms with Gasteiger partial charge in [0.15, 0.2) is 5.96 Å². The van der Waals surface area contributed by atoms with E-state index in [1.54, 1.807) is 0 Å². The summed E-state index contributed by atoms with van der Waals surface area (Å²) in [4.78, 5) is 4.72. The number of rotatable bonds is 7. The molecule has 1 unspecified atom stereocenters. The van der Waals surface area contributed by atoms with Crippen molar-refractivity contribution in [1.29, 1.82) is 0 Å². The van der Waals surface area contributed by atoms with Gasteiger partial charge in [0.1, 0.15) is 0 Å². The van der Waals surface area contributed by atoms with Crippen LogP contribution in [-0.4, -0.2) is 32.3 Å². The molecule has 1 aromatic carbocycles. The summed E-state index contributed by atoms with van der Waals surface area (Å²) in [5.41, 5.74) is 4.12. The van der Waals surface area contributed by atoms with Crippen molar-refractivity contribution in [1.82, 2.24) is 10.6 Å². The summed E-state index contributed by atoms with van der Waals surface area (Å²) in [5.74, 6) is 0.886. The molecule has 4 nitrogen and oxygen atoms in total. The van der Waals surface area contributed by atoms with Gasteiger partial charge in [-0.15, -0.1) is 24.0 Å². The highest BCUT2D eigenvalue weighted by atomic mass is 127. The van der Waals surface area contributed by atoms with Gasteiger partial charge in [-0.05, 0) is 44.2 Å². The Morgan fingerprint density at radius 1 is 1.24 bits per heavy atom. The van der Waals surface area contributed by atoms with Crippen LogP contribution in [0.1, 0.15) is 50.8 Å². The van der Waals surface area contributed by atoms with Crippen molar-refractivity contribution >= 4 is 29.9 Å². The molecule has 0 bridgehead atoms. The Kier molecular flexibility index (Phi) is 10.8. The van der Waals surface area contributed by atoms with Crippen LogP contribution in [0, 0.1) is 0 Å². The van der Waals surface area contributed by atoms with Crippen molar-refractivity contribution in [2.24, 2.45) is 4.99 Å². The first kappa shape index (κ1) is 22.0. The van der Waals surface area contributed by atoms with Crippen LogP contribution in [0.3, 0.4) is 0 Å². The summed E-state index contributed by atoms with van der Waals surface area (Å²) in [7, 11) is 0. The largest absolute Gasteiger partial charge is 0.377 e. The van der Waals surface area contributed by atoms with Crippen molar-refractivity contribution in [3.8, 4) is 0 Å². The average molecular weight is 457 g/mol. The standard InChI is InChI=1S/C20H31N3O.HI/c1-4-17-6-8-19(9-7-17)16(3)23-20(21-5-2)22-13-10-18-11-14-24-15-12-18;/h6-9,11,16H,4-5,10,12-15H2,1-3H3,(H2,21,22,23);1H. The molecule has 0 spiro atoms. The zero-order valence-electron chi connectivity index (χ0n) is 15.7. The first-order valence-corrected chi connectivity index (χ1v) is 9.12. The zero-order chi connectivity index (χ0) is 17.2. The second kappa shape index (κ2) is 12.3. The van der Waals surface area contributed by atoms with Crippen LogP contribution in [0.25, 0.3) is 0 Å². The zero-order valence-corrected chi connectivity index (χ0v) is 18.0. The SMILES string of the molecule is CCNC(=NCCC1=CCOCC1)NC(C)c1ccc(CC)cc1.I. The number of hydrogen-bond acceptors (Lipinski definition) is 2. The van der Waals surface area contributed by atoms with Crippen LogP contribution in [0.2, 0.25) is 0 Å². The number of benzene rings is 1. The number of hydrogen-bond donors (Lipinski definition) is 2. The van der Waals surface area contributed by atoms with E-state index in [4.69, 9.17) is 9.73 Å². The molecule has 1 aliphatic heterocycles. The van der Waals surface area contributed by atoms with E-state index in [0.717, 1.165) is 51.5 Å². The second-order valence-electron chi connectivity index (χ2n) is 6.16. The topological polar surface area (TPSA) is 45.7 Å². The van der Waals surface area contributed by atoms with E-state index in [0.29, 0.717) is 0 Å². The van der Waals surface area contributed by atoms with Gasteiger partial charge in [-0.2, -0.15) is 0 Å². The van der Waals surface area contributed by atoms with Crippen LogP contribution in [0.4, 0.5) is 0 Å². The van der Waals surface area contributed by atoms with Crippen LogP contribution >= 0.6 is 24.0 Å². The summed E-state index contributed by atoms with van der Waals surface area (Å²) < 4.78 is 5.35. The average Bonchev–Trinajstić information content (AvgIpc) is 2.63. The highest BCUT2D eigenvalue weighted by molar-refractivity contribution is 14.0. The first-order chi connectivity index (χ1) is 11.7. The number of nitrogens with one attached hydrogen (secondary N) is 2. The van der Waals surface area contributed by atoms with Gasteiger partial charge in [0.2, 0.25) is 0 Å². The van der Waals surface area contributed by atoms with E-state index in [9.17, 15) is 0 Å². The smallest absolute Gasteiger partial charge is 0.191 e. The molecule has 1 aromatic rings. The summed E-state index contributed by atoms with van der Waals surface area (Å²) in [6.07, 6.45) is 5.32. The van der Waals surface area contributed by atoms with Crippen LogP contribution in [0.5, 0.6) is 0 Å². The number of halogens is 1. The fourth-order valence-electron chi connectivity index (χ4n) is 2.75. The Bertz CT molecular complexity index is 555. The molecule has 25 heavy (non-hydrogen) atoms. The number of guanidine groups is 1. The number of ether oxygens (including phenoxy) is 1. The van der Waals surface area contributed by atoms with Crippen molar-refractivity contribution in [3.05, 3.63) is 47.0 Å². The Labute approximate surface area is 169 Å². The summed E-state index contributed by atoms with van der Waals surface area (Å²) in [6.45, 7) is 9.72. The van der Waals surface area contributed by atoms with Crippen LogP contribution in [0.15, 0.2) is 40.9 Å². The monoisotopic (exact) mass is 457 g/mol. The number of nitrogens with zero attached hydrogens (tertiary/aromatic N) is 1. The molecule has 0 aliphatic carbocycles. The highest BCUT2D eigenvalue weighted by Gasteiger charge is 2.08. The summed E-state index contributed by atoms with van der Waals surface area (Å²) in [6, 6.07) is 9.04. The van der Waals surface area contributed by atoms with Gasteiger partial charge >= 0.3 is 0 Å². The highest BCUT2D eigenvalue weighted by Crippen LogP contribution is 2.14. The predicted octanol–water partition coefficient (Wildman–Crippen LogP) is 4.22. The molecule has 0 amide bonds.